The first kappa shape index (κ1) is 25.5. The fraction of sp³-hybridized carbons (Fsp3) is 0.286. The Labute approximate surface area is 224 Å². The lowest BCUT2D eigenvalue weighted by molar-refractivity contribution is 0.0488. The number of benzene rings is 2. The smallest absolute Gasteiger partial charge is 0.193 e. The Balaban J connectivity index is 1.51. The summed E-state index contributed by atoms with van der Waals surface area (Å²) in [6.07, 6.45) is -0.409. The number of fused-ring (bicyclic) bond motifs is 3. The van der Waals surface area contributed by atoms with Crippen molar-refractivity contribution in [2.75, 3.05) is 0 Å². The lowest BCUT2D eigenvalue weighted by atomic mass is 9.95. The molecule has 5 rings (SSSR count). The number of nitrogens with zero attached hydrogens (tertiary/aromatic N) is 4. The van der Waals surface area contributed by atoms with E-state index in [0.29, 0.717) is 22.6 Å². The Morgan fingerprint density at radius 1 is 1.14 bits per heavy atom. The summed E-state index contributed by atoms with van der Waals surface area (Å²) < 4.78 is 2.03. The lowest BCUT2D eigenvalue weighted by Crippen LogP contribution is -2.31. The third kappa shape index (κ3) is 4.78. The average Bonchev–Trinajstić information content (AvgIpc) is 3.42. The van der Waals surface area contributed by atoms with E-state index in [1.165, 1.54) is 13.8 Å². The Bertz CT molecular complexity index is 1520. The zero-order valence-corrected chi connectivity index (χ0v) is 22.5. The van der Waals surface area contributed by atoms with Crippen molar-refractivity contribution in [2.24, 2.45) is 4.99 Å². The molecule has 7 nitrogen and oxygen atoms in total. The summed E-state index contributed by atoms with van der Waals surface area (Å²) in [6.45, 7) is 6.83. The van der Waals surface area contributed by atoms with E-state index in [9.17, 15) is 15.0 Å². The van der Waals surface area contributed by atoms with Crippen LogP contribution < -0.4 is 0 Å². The Morgan fingerprint density at radius 2 is 1.84 bits per heavy atom. The molecular formula is C28H27ClN4O3S. The molecule has 0 saturated heterocycles. The minimum Gasteiger partial charge on any atom is -0.388 e. The van der Waals surface area contributed by atoms with Crippen LogP contribution in [0.1, 0.15) is 76.5 Å². The van der Waals surface area contributed by atoms with Gasteiger partial charge in [0.1, 0.15) is 22.5 Å². The number of aliphatic imine (C=N–C) groups is 1. The normalized spacial score (nSPS) is 16.0. The number of rotatable bonds is 6. The van der Waals surface area contributed by atoms with Crippen molar-refractivity contribution >= 4 is 34.4 Å². The van der Waals surface area contributed by atoms with Crippen LogP contribution in [0, 0.1) is 6.92 Å². The number of halogens is 1. The summed E-state index contributed by atoms with van der Waals surface area (Å²) in [5.41, 5.74) is 2.17. The molecule has 0 spiro atoms. The molecule has 0 saturated carbocycles. The topological polar surface area (TPSA) is 101 Å². The highest BCUT2D eigenvalue weighted by atomic mass is 35.5. The molecule has 2 aromatic heterocycles. The second-order valence-electron chi connectivity index (χ2n) is 9.74. The molecule has 0 radical (unpaired) electrons. The van der Waals surface area contributed by atoms with Crippen LogP contribution in [0.25, 0.3) is 5.00 Å². The van der Waals surface area contributed by atoms with Gasteiger partial charge in [-0.15, -0.1) is 21.5 Å². The number of carbonyl (C=O) groups is 1. The maximum absolute atomic E-state index is 12.3. The van der Waals surface area contributed by atoms with E-state index < -0.39 is 11.7 Å². The Morgan fingerprint density at radius 3 is 2.51 bits per heavy atom. The highest BCUT2D eigenvalue weighted by Gasteiger charge is 2.29. The number of ketones is 1. The number of aromatic nitrogens is 3. The predicted octanol–water partition coefficient (Wildman–Crippen LogP) is 5.43. The van der Waals surface area contributed by atoms with Crippen LogP contribution in [-0.4, -0.2) is 42.1 Å². The highest BCUT2D eigenvalue weighted by Crippen LogP contribution is 2.38. The van der Waals surface area contributed by atoms with Crippen molar-refractivity contribution in [3.63, 3.8) is 0 Å². The standard InChI is InChI=1S/C28H27ClN4O3S/c1-15-26-32-31-16(2)33(26)27-21(24(30-15)20-7-5-6-8-22(20)29)13-19(37-27)14-23(34)17-9-11-18(12-10-17)25(35)28(3,4)36/h5-13,15,23,34,36H,14H2,1-4H3. The summed E-state index contributed by atoms with van der Waals surface area (Å²) in [6, 6.07) is 16.2. The first-order chi connectivity index (χ1) is 17.5. The van der Waals surface area contributed by atoms with Crippen LogP contribution in [0.2, 0.25) is 5.02 Å². The zero-order valence-electron chi connectivity index (χ0n) is 20.9. The van der Waals surface area contributed by atoms with Gasteiger partial charge in [0.2, 0.25) is 0 Å². The van der Waals surface area contributed by atoms with Crippen LogP contribution in [0.15, 0.2) is 59.6 Å². The van der Waals surface area contributed by atoms with E-state index in [2.05, 4.69) is 16.3 Å². The van der Waals surface area contributed by atoms with Gasteiger partial charge in [-0.3, -0.25) is 14.4 Å². The molecule has 1 aliphatic rings. The van der Waals surface area contributed by atoms with Gasteiger partial charge >= 0.3 is 0 Å². The molecule has 0 aliphatic carbocycles. The minimum absolute atomic E-state index is 0.216. The first-order valence-electron chi connectivity index (χ1n) is 12.0. The van der Waals surface area contributed by atoms with Gasteiger partial charge in [0.05, 0.1) is 11.8 Å². The van der Waals surface area contributed by atoms with Gasteiger partial charge in [-0.1, -0.05) is 54.1 Å². The van der Waals surface area contributed by atoms with E-state index in [-0.39, 0.29) is 11.8 Å². The average molecular weight is 535 g/mol. The quantitative estimate of drug-likeness (QED) is 0.321. The fourth-order valence-corrected chi connectivity index (χ4v) is 5.95. The van der Waals surface area contributed by atoms with Gasteiger partial charge < -0.3 is 10.2 Å². The highest BCUT2D eigenvalue weighted by molar-refractivity contribution is 7.15. The van der Waals surface area contributed by atoms with Gasteiger partial charge in [-0.25, -0.2) is 0 Å². The molecular weight excluding hydrogens is 508 g/mol. The van der Waals surface area contributed by atoms with Crippen molar-refractivity contribution in [3.8, 4) is 5.00 Å². The number of hydrogen-bond donors (Lipinski definition) is 2. The number of aliphatic hydroxyl groups excluding tert-OH is 1. The van der Waals surface area contributed by atoms with Gasteiger partial charge in [0, 0.05) is 33.0 Å². The second kappa shape index (κ2) is 9.61. The lowest BCUT2D eigenvalue weighted by Gasteiger charge is -2.16. The maximum atomic E-state index is 12.3. The third-order valence-electron chi connectivity index (χ3n) is 6.40. The fourth-order valence-electron chi connectivity index (χ4n) is 4.47. The summed E-state index contributed by atoms with van der Waals surface area (Å²) in [5.74, 6) is 1.15. The number of hydrogen-bond acceptors (Lipinski definition) is 7. The number of aliphatic hydroxyl groups is 2. The van der Waals surface area contributed by atoms with Crippen LogP contribution in [-0.2, 0) is 6.42 Å². The van der Waals surface area contributed by atoms with Gasteiger partial charge in [-0.05, 0) is 45.4 Å². The number of Topliss-reactive ketones (excluding diaryl/α,β-unsaturated/α-hetero) is 1. The molecule has 2 atom stereocenters. The van der Waals surface area contributed by atoms with E-state index in [1.54, 1.807) is 35.6 Å². The van der Waals surface area contributed by atoms with Gasteiger partial charge in [-0.2, -0.15) is 0 Å². The second-order valence-corrected chi connectivity index (χ2v) is 11.3. The minimum atomic E-state index is -1.45. The summed E-state index contributed by atoms with van der Waals surface area (Å²) in [5, 5.41) is 31.3. The Kier molecular flexibility index (Phi) is 6.62. The number of aryl methyl sites for hydroxylation is 1. The molecule has 0 fully saturated rings. The third-order valence-corrected chi connectivity index (χ3v) is 7.88. The number of carbonyl (C=O) groups excluding carboxylic acids is 1. The first-order valence-corrected chi connectivity index (χ1v) is 13.2. The molecule has 190 valence electrons. The van der Waals surface area contributed by atoms with E-state index in [0.717, 1.165) is 38.4 Å². The van der Waals surface area contributed by atoms with E-state index >= 15 is 0 Å². The number of thiophene rings is 1. The molecule has 1 aliphatic heterocycles. The van der Waals surface area contributed by atoms with Gasteiger partial charge in [0.25, 0.3) is 0 Å². The Hall–Kier alpha value is -3.17. The van der Waals surface area contributed by atoms with Gasteiger partial charge in [0.15, 0.2) is 11.6 Å². The van der Waals surface area contributed by atoms with E-state index in [1.807, 2.05) is 42.7 Å². The molecule has 2 unspecified atom stereocenters. The molecule has 2 N–H and O–H groups in total. The molecule has 0 amide bonds. The molecule has 9 heteroatoms. The van der Waals surface area contributed by atoms with Crippen molar-refractivity contribution in [1.82, 2.24) is 14.8 Å². The zero-order chi connectivity index (χ0) is 26.5. The summed E-state index contributed by atoms with van der Waals surface area (Å²) in [4.78, 5) is 18.3. The predicted molar refractivity (Wildman–Crippen MR) is 145 cm³/mol. The largest absolute Gasteiger partial charge is 0.388 e. The summed E-state index contributed by atoms with van der Waals surface area (Å²) >= 11 is 8.15. The molecule has 3 heterocycles. The molecule has 37 heavy (non-hydrogen) atoms. The van der Waals surface area contributed by atoms with Crippen LogP contribution in [0.4, 0.5) is 0 Å². The van der Waals surface area contributed by atoms with Crippen LogP contribution in [0.3, 0.4) is 0 Å². The van der Waals surface area contributed by atoms with Crippen molar-refractivity contribution in [1.29, 1.82) is 0 Å². The molecule has 4 aromatic rings. The van der Waals surface area contributed by atoms with Crippen LogP contribution in [0.5, 0.6) is 0 Å². The monoisotopic (exact) mass is 534 g/mol. The summed E-state index contributed by atoms with van der Waals surface area (Å²) in [7, 11) is 0. The molecule has 0 bridgehead atoms. The van der Waals surface area contributed by atoms with Crippen molar-refractivity contribution in [3.05, 3.63) is 98.4 Å². The SMILES string of the molecule is Cc1nnc2n1-c1sc(CC(O)c3ccc(C(=O)C(C)(C)O)cc3)cc1C(c1ccccc1Cl)=NC2C. The molecule has 2 aromatic carbocycles. The van der Waals surface area contributed by atoms with Crippen molar-refractivity contribution in [2.45, 2.75) is 51.9 Å². The van der Waals surface area contributed by atoms with Crippen molar-refractivity contribution < 1.29 is 15.0 Å². The maximum Gasteiger partial charge on any atom is 0.193 e. The van der Waals surface area contributed by atoms with E-state index in [4.69, 9.17) is 16.6 Å². The van der Waals surface area contributed by atoms with Crippen LogP contribution >= 0.6 is 22.9 Å².